The van der Waals surface area contributed by atoms with Crippen LogP contribution in [0.15, 0.2) is 18.7 Å². The molecule has 0 bridgehead atoms. The van der Waals surface area contributed by atoms with Crippen molar-refractivity contribution in [1.29, 1.82) is 0 Å². The van der Waals surface area contributed by atoms with Crippen molar-refractivity contribution >= 4 is 5.69 Å². The average molecular weight is 219 g/mol. The quantitative estimate of drug-likeness (QED) is 0.848. The van der Waals surface area contributed by atoms with Crippen LogP contribution < -0.4 is 5.32 Å². The average Bonchev–Trinajstić information content (AvgIpc) is 2.81. The van der Waals surface area contributed by atoms with Gasteiger partial charge in [0.1, 0.15) is 0 Å². The molecule has 2 aromatic rings. The summed E-state index contributed by atoms with van der Waals surface area (Å²) in [6.07, 6.45) is 5.73. The normalized spacial score (nSPS) is 10.7. The smallest absolute Gasteiger partial charge is 0.0948 e. The summed E-state index contributed by atoms with van der Waals surface area (Å²) < 4.78 is 3.94. The van der Waals surface area contributed by atoms with E-state index < -0.39 is 0 Å². The van der Waals surface area contributed by atoms with Gasteiger partial charge in [-0.2, -0.15) is 5.10 Å². The molecule has 0 aliphatic heterocycles. The molecule has 0 aliphatic rings. The molecule has 1 N–H and O–H groups in total. The molecule has 16 heavy (non-hydrogen) atoms. The van der Waals surface area contributed by atoms with E-state index in [0.717, 1.165) is 24.5 Å². The number of anilines is 1. The van der Waals surface area contributed by atoms with Gasteiger partial charge in [0.05, 0.1) is 29.9 Å². The van der Waals surface area contributed by atoms with Crippen LogP contribution >= 0.6 is 0 Å². The van der Waals surface area contributed by atoms with E-state index in [4.69, 9.17) is 0 Å². The Morgan fingerprint density at radius 1 is 1.44 bits per heavy atom. The first-order chi connectivity index (χ1) is 7.70. The van der Waals surface area contributed by atoms with Gasteiger partial charge in [-0.3, -0.25) is 4.68 Å². The summed E-state index contributed by atoms with van der Waals surface area (Å²) in [5.74, 6) is 0. The summed E-state index contributed by atoms with van der Waals surface area (Å²) in [7, 11) is 1.93. The Morgan fingerprint density at radius 2 is 2.25 bits per heavy atom. The molecule has 2 aromatic heterocycles. The van der Waals surface area contributed by atoms with Crippen LogP contribution in [-0.4, -0.2) is 19.3 Å². The lowest BCUT2D eigenvalue weighted by atomic mass is 10.3. The zero-order chi connectivity index (χ0) is 11.5. The molecule has 0 saturated heterocycles. The van der Waals surface area contributed by atoms with Crippen LogP contribution in [0, 0.1) is 6.92 Å². The molecule has 5 heteroatoms. The molecule has 0 aliphatic carbocycles. The predicted molar refractivity (Wildman–Crippen MR) is 63.2 cm³/mol. The molecule has 0 amide bonds. The Bertz CT molecular complexity index is 468. The summed E-state index contributed by atoms with van der Waals surface area (Å²) >= 11 is 0. The van der Waals surface area contributed by atoms with Gasteiger partial charge in [0.25, 0.3) is 0 Å². The molecule has 0 atom stereocenters. The van der Waals surface area contributed by atoms with E-state index in [1.165, 1.54) is 5.69 Å². The van der Waals surface area contributed by atoms with Crippen LogP contribution in [0.25, 0.3) is 0 Å². The van der Waals surface area contributed by atoms with E-state index in [0.29, 0.717) is 0 Å². The molecule has 0 unspecified atom stereocenters. The molecule has 0 saturated carbocycles. The van der Waals surface area contributed by atoms with Gasteiger partial charge in [0.15, 0.2) is 0 Å². The highest BCUT2D eigenvalue weighted by Gasteiger charge is 2.04. The van der Waals surface area contributed by atoms with E-state index in [2.05, 4.69) is 26.9 Å². The summed E-state index contributed by atoms with van der Waals surface area (Å²) in [6, 6.07) is 0. The van der Waals surface area contributed by atoms with Crippen molar-refractivity contribution in [2.75, 3.05) is 5.32 Å². The minimum absolute atomic E-state index is 0.778. The van der Waals surface area contributed by atoms with Crippen LogP contribution in [0.3, 0.4) is 0 Å². The first-order valence-corrected chi connectivity index (χ1v) is 5.44. The van der Waals surface area contributed by atoms with Crippen molar-refractivity contribution in [1.82, 2.24) is 19.3 Å². The molecule has 0 radical (unpaired) electrons. The second kappa shape index (κ2) is 4.38. The van der Waals surface area contributed by atoms with Gasteiger partial charge >= 0.3 is 0 Å². The van der Waals surface area contributed by atoms with Gasteiger partial charge in [-0.05, 0) is 13.8 Å². The Hall–Kier alpha value is -1.78. The standard InChI is InChI=1S/C11H17N5/c1-4-16-8-12-5-10(16)6-13-11-7-15(3)14-9(11)2/h5,7-8,13H,4,6H2,1-3H3. The van der Waals surface area contributed by atoms with E-state index in [1.54, 1.807) is 0 Å². The topological polar surface area (TPSA) is 47.7 Å². The Morgan fingerprint density at radius 3 is 2.88 bits per heavy atom. The zero-order valence-corrected chi connectivity index (χ0v) is 9.94. The zero-order valence-electron chi connectivity index (χ0n) is 9.94. The van der Waals surface area contributed by atoms with Crippen LogP contribution in [0.5, 0.6) is 0 Å². The first-order valence-electron chi connectivity index (χ1n) is 5.44. The lowest BCUT2D eigenvalue weighted by molar-refractivity contribution is 0.719. The Balaban J connectivity index is 2.05. The number of hydrogen-bond donors (Lipinski definition) is 1. The van der Waals surface area contributed by atoms with Crippen LogP contribution in [0.1, 0.15) is 18.3 Å². The van der Waals surface area contributed by atoms with Gasteiger partial charge in [-0.15, -0.1) is 0 Å². The maximum absolute atomic E-state index is 4.29. The SMILES string of the molecule is CCn1cncc1CNc1cn(C)nc1C. The molecule has 5 nitrogen and oxygen atoms in total. The summed E-state index contributed by atoms with van der Waals surface area (Å²) in [4.78, 5) is 4.14. The highest BCUT2D eigenvalue weighted by atomic mass is 15.3. The van der Waals surface area contributed by atoms with Gasteiger partial charge in [0.2, 0.25) is 0 Å². The minimum atomic E-state index is 0.778. The van der Waals surface area contributed by atoms with Crippen molar-refractivity contribution < 1.29 is 0 Å². The molecular weight excluding hydrogens is 202 g/mol. The molecule has 86 valence electrons. The number of aromatic nitrogens is 4. The van der Waals surface area contributed by atoms with Crippen LogP contribution in [0.2, 0.25) is 0 Å². The Kier molecular flexibility index (Phi) is 2.94. The fraction of sp³-hybridized carbons (Fsp3) is 0.455. The van der Waals surface area contributed by atoms with E-state index in [1.807, 2.05) is 37.4 Å². The van der Waals surface area contributed by atoms with Gasteiger partial charge in [-0.25, -0.2) is 4.98 Å². The van der Waals surface area contributed by atoms with E-state index in [9.17, 15) is 0 Å². The number of nitrogens with zero attached hydrogens (tertiary/aromatic N) is 4. The van der Waals surface area contributed by atoms with Crippen LogP contribution in [-0.2, 0) is 20.1 Å². The highest BCUT2D eigenvalue weighted by Crippen LogP contribution is 2.12. The Labute approximate surface area is 95.1 Å². The number of aryl methyl sites for hydroxylation is 3. The molecule has 0 aromatic carbocycles. The van der Waals surface area contributed by atoms with Crippen molar-refractivity contribution in [2.45, 2.75) is 26.9 Å². The molecule has 2 rings (SSSR count). The fourth-order valence-corrected chi connectivity index (χ4v) is 1.74. The van der Waals surface area contributed by atoms with E-state index in [-0.39, 0.29) is 0 Å². The van der Waals surface area contributed by atoms with Crippen LogP contribution in [0.4, 0.5) is 5.69 Å². The largest absolute Gasteiger partial charge is 0.377 e. The molecule has 0 fully saturated rings. The van der Waals surface area contributed by atoms with Crippen molar-refractivity contribution in [3.63, 3.8) is 0 Å². The second-order valence-electron chi connectivity index (χ2n) is 3.83. The van der Waals surface area contributed by atoms with Gasteiger partial charge < -0.3 is 9.88 Å². The minimum Gasteiger partial charge on any atom is -0.377 e. The first kappa shape index (κ1) is 10.7. The van der Waals surface area contributed by atoms with Crippen molar-refractivity contribution in [3.05, 3.63) is 30.1 Å². The molecule has 0 spiro atoms. The lowest BCUT2D eigenvalue weighted by Crippen LogP contribution is -2.06. The lowest BCUT2D eigenvalue weighted by Gasteiger charge is -2.06. The molecular formula is C11H17N5. The third-order valence-electron chi connectivity index (χ3n) is 2.61. The summed E-state index contributed by atoms with van der Waals surface area (Å²) in [6.45, 7) is 5.84. The second-order valence-corrected chi connectivity index (χ2v) is 3.83. The maximum Gasteiger partial charge on any atom is 0.0948 e. The summed E-state index contributed by atoms with van der Waals surface area (Å²) in [5.41, 5.74) is 3.28. The van der Waals surface area contributed by atoms with E-state index >= 15 is 0 Å². The number of imidazole rings is 1. The third-order valence-corrected chi connectivity index (χ3v) is 2.61. The monoisotopic (exact) mass is 219 g/mol. The van der Waals surface area contributed by atoms with Gasteiger partial charge in [0, 0.05) is 26.0 Å². The maximum atomic E-state index is 4.29. The van der Waals surface area contributed by atoms with Crippen molar-refractivity contribution in [2.24, 2.45) is 7.05 Å². The number of hydrogen-bond acceptors (Lipinski definition) is 3. The molecule has 2 heterocycles. The fourth-order valence-electron chi connectivity index (χ4n) is 1.74. The van der Waals surface area contributed by atoms with Gasteiger partial charge in [-0.1, -0.05) is 0 Å². The number of nitrogens with one attached hydrogen (secondary N) is 1. The number of rotatable bonds is 4. The van der Waals surface area contributed by atoms with Crippen molar-refractivity contribution in [3.8, 4) is 0 Å². The predicted octanol–water partition coefficient (Wildman–Crippen LogP) is 1.56. The highest BCUT2D eigenvalue weighted by molar-refractivity contribution is 5.45. The third kappa shape index (κ3) is 2.08. The summed E-state index contributed by atoms with van der Waals surface area (Å²) in [5, 5.41) is 7.65.